The van der Waals surface area contributed by atoms with Gasteiger partial charge < -0.3 is 9.80 Å². The predicted molar refractivity (Wildman–Crippen MR) is 161 cm³/mol. The molecule has 10 heteroatoms. The molecule has 0 saturated carbocycles. The molecule has 0 aliphatic carbocycles. The first-order valence-electron chi connectivity index (χ1n) is 13.8. The zero-order chi connectivity index (χ0) is 29.1. The molecule has 43 heavy (non-hydrogen) atoms. The number of carbonyl (C=O) groups is 3. The van der Waals surface area contributed by atoms with E-state index in [9.17, 15) is 14.4 Å². The molecule has 10 nitrogen and oxygen atoms in total. The van der Waals surface area contributed by atoms with Gasteiger partial charge in [0.1, 0.15) is 11.7 Å². The molecule has 0 saturated heterocycles. The Morgan fingerprint density at radius 1 is 0.837 bits per heavy atom. The lowest BCUT2D eigenvalue weighted by atomic mass is 9.94. The lowest BCUT2D eigenvalue weighted by Gasteiger charge is -2.29. The smallest absolute Gasteiger partial charge is 0.261 e. The number of amides is 3. The van der Waals surface area contributed by atoms with Crippen molar-refractivity contribution < 1.29 is 14.4 Å². The molecule has 4 aromatic rings. The second kappa shape index (κ2) is 9.52. The largest absolute Gasteiger partial charge is 0.333 e. The Labute approximate surface area is 245 Å². The van der Waals surface area contributed by atoms with E-state index >= 15 is 0 Å². The zero-order valence-electron chi connectivity index (χ0n) is 22.7. The van der Waals surface area contributed by atoms with Gasteiger partial charge in [-0.25, -0.2) is 4.98 Å². The molecule has 1 atom stereocenters. The van der Waals surface area contributed by atoms with Gasteiger partial charge in [0.2, 0.25) is 0 Å². The van der Waals surface area contributed by atoms with Crippen LogP contribution in [0.3, 0.4) is 0 Å². The SMILES string of the molecule is O=C1NC(=O)C(c2cnc3ccccn23)=C1C1=NC=CN2c3c(cccc31)CC2C(=O)N1C=CN(c2ccccc2)C=C1. The quantitative estimate of drug-likeness (QED) is 0.379. The van der Waals surface area contributed by atoms with E-state index in [2.05, 4.69) is 15.3 Å². The van der Waals surface area contributed by atoms with Crippen molar-refractivity contribution in [3.05, 3.63) is 139 Å². The van der Waals surface area contributed by atoms with Crippen LogP contribution in [0.1, 0.15) is 16.8 Å². The number of rotatable bonds is 4. The summed E-state index contributed by atoms with van der Waals surface area (Å²) in [6, 6.07) is 20.6. The first-order chi connectivity index (χ1) is 21.1. The van der Waals surface area contributed by atoms with Gasteiger partial charge in [0.05, 0.1) is 34.4 Å². The summed E-state index contributed by atoms with van der Waals surface area (Å²) in [5, 5.41) is 2.45. The van der Waals surface area contributed by atoms with Crippen molar-refractivity contribution in [3.63, 3.8) is 0 Å². The Morgan fingerprint density at radius 3 is 2.47 bits per heavy atom. The van der Waals surface area contributed by atoms with Crippen molar-refractivity contribution in [1.82, 2.24) is 19.6 Å². The summed E-state index contributed by atoms with van der Waals surface area (Å²) in [7, 11) is 0. The second-order valence-electron chi connectivity index (χ2n) is 10.4. The number of para-hydroxylation sites is 2. The van der Waals surface area contributed by atoms with Crippen molar-refractivity contribution in [1.29, 1.82) is 0 Å². The number of imidazole rings is 1. The van der Waals surface area contributed by atoms with Crippen LogP contribution in [-0.4, -0.2) is 43.8 Å². The van der Waals surface area contributed by atoms with Crippen LogP contribution in [0.15, 0.2) is 127 Å². The monoisotopic (exact) mass is 565 g/mol. The van der Waals surface area contributed by atoms with Crippen LogP contribution < -0.4 is 15.1 Å². The maximum Gasteiger partial charge on any atom is 0.261 e. The van der Waals surface area contributed by atoms with Gasteiger partial charge >= 0.3 is 0 Å². The van der Waals surface area contributed by atoms with Crippen molar-refractivity contribution in [2.45, 2.75) is 12.5 Å². The summed E-state index contributed by atoms with van der Waals surface area (Å²) in [4.78, 5) is 54.9. The summed E-state index contributed by atoms with van der Waals surface area (Å²) in [6.45, 7) is 0. The number of imide groups is 1. The highest BCUT2D eigenvalue weighted by atomic mass is 16.2. The molecule has 1 unspecified atom stereocenters. The Morgan fingerprint density at radius 2 is 1.63 bits per heavy atom. The highest BCUT2D eigenvalue weighted by Crippen LogP contribution is 2.40. The molecular formula is C33H23N7O3. The molecular weight excluding hydrogens is 542 g/mol. The minimum absolute atomic E-state index is 0.102. The fraction of sp³-hybridized carbons (Fsp3) is 0.0606. The molecule has 208 valence electrons. The standard InChI is InChI=1S/C33H23N7O3/c41-31-27(25-20-35-26-11-4-5-13-39(25)26)28(32(42)36-31)29-23-10-6-7-21-19-24(40(30(21)23)14-12-34-29)33(43)38-17-15-37(16-18-38)22-8-2-1-3-9-22/h1-18,20,24H,19H2,(H,36,41,42). The lowest BCUT2D eigenvalue weighted by Crippen LogP contribution is -2.42. The molecule has 3 amide bonds. The Bertz CT molecular complexity index is 2000. The molecule has 0 fully saturated rings. The van der Waals surface area contributed by atoms with E-state index in [1.807, 2.05) is 88.9 Å². The van der Waals surface area contributed by atoms with Crippen LogP contribution in [-0.2, 0) is 20.8 Å². The number of hydrogen-bond acceptors (Lipinski definition) is 7. The molecule has 0 bridgehead atoms. The van der Waals surface area contributed by atoms with E-state index < -0.39 is 17.9 Å². The molecule has 0 radical (unpaired) electrons. The maximum atomic E-state index is 13.9. The molecule has 8 rings (SSSR count). The van der Waals surface area contributed by atoms with Gasteiger partial charge in [0.15, 0.2) is 0 Å². The number of fused-ring (bicyclic) bond motifs is 1. The zero-order valence-corrected chi connectivity index (χ0v) is 22.7. The van der Waals surface area contributed by atoms with E-state index in [-0.39, 0.29) is 17.1 Å². The first-order valence-corrected chi connectivity index (χ1v) is 13.8. The van der Waals surface area contributed by atoms with Gasteiger partial charge in [-0.05, 0) is 29.8 Å². The number of hydrogen-bond donors (Lipinski definition) is 1. The third kappa shape index (κ3) is 3.84. The van der Waals surface area contributed by atoms with E-state index in [1.54, 1.807) is 46.5 Å². The van der Waals surface area contributed by atoms with Crippen LogP contribution >= 0.6 is 0 Å². The fourth-order valence-corrected chi connectivity index (χ4v) is 6.07. The molecule has 2 aromatic carbocycles. The average molecular weight is 566 g/mol. The summed E-state index contributed by atoms with van der Waals surface area (Å²) >= 11 is 0. The number of nitrogens with one attached hydrogen (secondary N) is 1. The van der Waals surface area contributed by atoms with Gasteiger partial charge in [-0.3, -0.25) is 34.0 Å². The van der Waals surface area contributed by atoms with E-state index in [4.69, 9.17) is 0 Å². The van der Waals surface area contributed by atoms with Crippen molar-refractivity contribution in [2.24, 2.45) is 4.99 Å². The normalized spacial score (nSPS) is 18.8. The van der Waals surface area contributed by atoms with Gasteiger partial charge in [-0.15, -0.1) is 0 Å². The third-order valence-electron chi connectivity index (χ3n) is 8.02. The molecule has 2 aromatic heterocycles. The number of aliphatic imine (C=N–C) groups is 1. The van der Waals surface area contributed by atoms with Crippen molar-refractivity contribution in [2.75, 3.05) is 9.80 Å². The van der Waals surface area contributed by atoms with Gasteiger partial charge in [-0.1, -0.05) is 42.5 Å². The van der Waals surface area contributed by atoms with E-state index in [1.165, 1.54) is 0 Å². The molecule has 1 N–H and O–H groups in total. The highest BCUT2D eigenvalue weighted by molar-refractivity contribution is 6.47. The minimum Gasteiger partial charge on any atom is -0.333 e. The number of carbonyl (C=O) groups excluding carboxylic acids is 3. The summed E-state index contributed by atoms with van der Waals surface area (Å²) in [6.07, 6.45) is 14.4. The van der Waals surface area contributed by atoms with Crippen LogP contribution in [0.5, 0.6) is 0 Å². The number of pyridine rings is 1. The maximum absolute atomic E-state index is 13.9. The van der Waals surface area contributed by atoms with Crippen LogP contribution in [0, 0.1) is 0 Å². The third-order valence-corrected chi connectivity index (χ3v) is 8.02. The first kappa shape index (κ1) is 24.7. The number of anilines is 2. The second-order valence-corrected chi connectivity index (χ2v) is 10.4. The molecule has 4 aliphatic heterocycles. The van der Waals surface area contributed by atoms with E-state index in [0.29, 0.717) is 29.0 Å². The van der Waals surface area contributed by atoms with Crippen LogP contribution in [0.4, 0.5) is 11.4 Å². The number of nitrogens with zero attached hydrogens (tertiary/aromatic N) is 6. The van der Waals surface area contributed by atoms with Gasteiger partial charge in [-0.2, -0.15) is 0 Å². The number of aromatic nitrogens is 2. The van der Waals surface area contributed by atoms with Crippen LogP contribution in [0.2, 0.25) is 0 Å². The Kier molecular flexibility index (Phi) is 5.48. The highest BCUT2D eigenvalue weighted by Gasteiger charge is 2.42. The molecule has 4 aliphatic rings. The fourth-order valence-electron chi connectivity index (χ4n) is 6.07. The van der Waals surface area contributed by atoms with Crippen molar-refractivity contribution in [3.8, 4) is 0 Å². The summed E-state index contributed by atoms with van der Waals surface area (Å²) in [5.41, 5.74) is 5.30. The Balaban J connectivity index is 1.16. The summed E-state index contributed by atoms with van der Waals surface area (Å²) in [5.74, 6) is -1.14. The summed E-state index contributed by atoms with van der Waals surface area (Å²) < 4.78 is 1.77. The molecule has 6 heterocycles. The average Bonchev–Trinajstić information content (AvgIpc) is 3.67. The van der Waals surface area contributed by atoms with Crippen molar-refractivity contribution >= 4 is 46.0 Å². The van der Waals surface area contributed by atoms with Gasteiger partial charge in [0.25, 0.3) is 17.7 Å². The number of benzene rings is 2. The van der Waals surface area contributed by atoms with Crippen LogP contribution in [0.25, 0.3) is 11.2 Å². The van der Waals surface area contributed by atoms with E-state index in [0.717, 1.165) is 16.9 Å². The predicted octanol–water partition coefficient (Wildman–Crippen LogP) is 3.74. The minimum atomic E-state index is -0.527. The Hall–Kier alpha value is -6.03. The topological polar surface area (TPSA) is 103 Å². The molecule has 0 spiro atoms. The lowest BCUT2D eigenvalue weighted by molar-refractivity contribution is -0.128. The van der Waals surface area contributed by atoms with Gasteiger partial charge in [0, 0.05) is 61.1 Å².